The monoisotopic (exact) mass is 460 g/mol. The fraction of sp³-hybridized carbons (Fsp3) is 0.235. The van der Waals surface area contributed by atoms with E-state index in [-0.39, 0.29) is 31.5 Å². The van der Waals surface area contributed by atoms with Gasteiger partial charge in [-0.25, -0.2) is 13.8 Å². The summed E-state index contributed by atoms with van der Waals surface area (Å²) in [7, 11) is 0. The molecule has 0 radical (unpaired) electrons. The van der Waals surface area contributed by atoms with Gasteiger partial charge in [0.05, 0.1) is 5.01 Å². The quantitative estimate of drug-likeness (QED) is 0.620. The first-order valence-corrected chi connectivity index (χ1v) is 10.6. The predicted octanol–water partition coefficient (Wildman–Crippen LogP) is 5.42. The molecular formula is C17H15F2IN2OS. The third-order valence-corrected chi connectivity index (χ3v) is 6.42. The first-order chi connectivity index (χ1) is 11.6. The van der Waals surface area contributed by atoms with Gasteiger partial charge in [-0.1, -0.05) is 49.0 Å². The average Bonchev–Trinajstić information content (AvgIpc) is 2.98. The number of benzene rings is 1. The standard InChI is InChI=1S/C17H15F2IN2OS/c1-10-21-14(16(18)19)15(24-10)17(23)22-13-5-3-2-4-12(13)11-6-8-20-9-7-11/h2-6,8-9,11,16H,7H2,1H3,(H,22,23). The second-order valence-electron chi connectivity index (χ2n) is 5.23. The summed E-state index contributed by atoms with van der Waals surface area (Å²) < 4.78 is 30.6. The minimum atomic E-state index is -2.76. The third kappa shape index (κ3) is 3.77. The Morgan fingerprint density at radius 3 is 2.92 bits per heavy atom. The summed E-state index contributed by atoms with van der Waals surface area (Å²) >= 11 is 1.03. The highest BCUT2D eigenvalue weighted by Gasteiger charge is 2.24. The molecule has 0 saturated carbocycles. The van der Waals surface area contributed by atoms with Crippen molar-refractivity contribution in [2.75, 3.05) is 5.32 Å². The summed E-state index contributed by atoms with van der Waals surface area (Å²) in [5.41, 5.74) is 1.22. The molecule has 1 N–H and O–H groups in total. The van der Waals surface area contributed by atoms with E-state index in [0.717, 1.165) is 23.3 Å². The van der Waals surface area contributed by atoms with E-state index in [1.807, 2.05) is 18.2 Å². The van der Waals surface area contributed by atoms with Crippen molar-refractivity contribution in [1.29, 1.82) is 0 Å². The van der Waals surface area contributed by atoms with Crippen molar-refractivity contribution in [2.24, 2.45) is 0 Å². The molecule has 1 atom stereocenters. The van der Waals surface area contributed by atoms with Gasteiger partial charge in [0, 0.05) is 11.6 Å². The number of nitrogens with zero attached hydrogens (tertiary/aromatic N) is 1. The summed E-state index contributed by atoms with van der Waals surface area (Å²) in [6, 6.07) is 7.52. The molecule has 2 aromatic rings. The lowest BCUT2D eigenvalue weighted by atomic mass is 9.95. The number of halogens is 3. The lowest BCUT2D eigenvalue weighted by Crippen LogP contribution is -2.15. The fourth-order valence-corrected chi connectivity index (χ4v) is 5.20. The van der Waals surface area contributed by atoms with E-state index in [9.17, 15) is 13.6 Å². The molecule has 3 rings (SSSR count). The highest BCUT2D eigenvalue weighted by Crippen LogP contribution is 2.33. The van der Waals surface area contributed by atoms with Crippen LogP contribution in [0.15, 0.2) is 34.4 Å². The van der Waals surface area contributed by atoms with Gasteiger partial charge in [0.25, 0.3) is 12.3 Å². The van der Waals surface area contributed by atoms with Crippen molar-refractivity contribution < 1.29 is 13.6 Å². The molecule has 1 unspecified atom stereocenters. The number of hydrogen-bond donors (Lipinski definition) is 1. The number of para-hydroxylation sites is 1. The normalized spacial score (nSPS) is 16.9. The van der Waals surface area contributed by atoms with Crippen LogP contribution in [0.4, 0.5) is 14.5 Å². The van der Waals surface area contributed by atoms with Crippen LogP contribution >= 0.6 is 32.1 Å². The number of nitrogens with one attached hydrogen (secondary N) is 1. The maximum atomic E-state index is 13.1. The van der Waals surface area contributed by atoms with Crippen LogP contribution < -0.4 is 5.32 Å². The lowest BCUT2D eigenvalue weighted by molar-refractivity contribution is 0.101. The van der Waals surface area contributed by atoms with Crippen molar-refractivity contribution in [3.63, 3.8) is 0 Å². The van der Waals surface area contributed by atoms with Crippen LogP contribution in [0.2, 0.25) is 0 Å². The Morgan fingerprint density at radius 2 is 2.21 bits per heavy atom. The summed E-state index contributed by atoms with van der Waals surface area (Å²) in [4.78, 5) is 16.3. The zero-order valence-electron chi connectivity index (χ0n) is 12.8. The maximum Gasteiger partial charge on any atom is 0.282 e. The summed E-state index contributed by atoms with van der Waals surface area (Å²) in [5.74, 6) is -0.313. The van der Waals surface area contributed by atoms with Crippen molar-refractivity contribution >= 4 is 47.7 Å². The van der Waals surface area contributed by atoms with Gasteiger partial charge >= 0.3 is 0 Å². The molecule has 7 heteroatoms. The second kappa shape index (κ2) is 7.60. The minimum Gasteiger partial charge on any atom is -0.321 e. The number of thiazole rings is 1. The van der Waals surface area contributed by atoms with E-state index in [1.165, 1.54) is 0 Å². The first kappa shape index (κ1) is 17.3. The number of anilines is 1. The molecule has 2 heterocycles. The third-order valence-electron chi connectivity index (χ3n) is 3.59. The second-order valence-corrected chi connectivity index (χ2v) is 8.75. The fourth-order valence-electron chi connectivity index (χ4n) is 2.50. The number of carbonyl (C=O) groups excluding carboxylic acids is 1. The van der Waals surface area contributed by atoms with Gasteiger partial charge in [0.1, 0.15) is 10.6 Å². The topological polar surface area (TPSA) is 42.0 Å². The van der Waals surface area contributed by atoms with Crippen LogP contribution in [0.5, 0.6) is 0 Å². The van der Waals surface area contributed by atoms with Gasteiger partial charge in [0.2, 0.25) is 0 Å². The smallest absolute Gasteiger partial charge is 0.282 e. The van der Waals surface area contributed by atoms with E-state index < -0.39 is 18.0 Å². The van der Waals surface area contributed by atoms with Crippen LogP contribution in [0.1, 0.15) is 44.7 Å². The number of amides is 1. The maximum absolute atomic E-state index is 13.1. The molecule has 0 spiro atoms. The molecule has 1 aromatic carbocycles. The van der Waals surface area contributed by atoms with Gasteiger partial charge < -0.3 is 5.32 Å². The number of hydrogen-bond acceptors (Lipinski definition) is 3. The molecule has 24 heavy (non-hydrogen) atoms. The van der Waals surface area contributed by atoms with E-state index in [0.29, 0.717) is 10.7 Å². The van der Waals surface area contributed by atoms with Crippen LogP contribution in [-0.2, 0) is 0 Å². The highest BCUT2D eigenvalue weighted by atomic mass is 127. The molecule has 1 aliphatic heterocycles. The predicted molar refractivity (Wildman–Crippen MR) is 103 cm³/mol. The van der Waals surface area contributed by atoms with E-state index in [1.54, 1.807) is 13.0 Å². The first-order valence-electron chi connectivity index (χ1n) is 7.32. The SMILES string of the molecule is Cc1nc(C(F)F)c(C(=O)Nc2ccccc2C2C=CI=CC2)s1. The Hall–Kier alpha value is -1.48. The number of allylic oxidation sites excluding steroid dienone is 1. The van der Waals surface area contributed by atoms with Crippen molar-refractivity contribution in [2.45, 2.75) is 25.7 Å². The van der Waals surface area contributed by atoms with E-state index in [4.69, 9.17) is 0 Å². The molecule has 3 nitrogen and oxygen atoms in total. The number of carbonyl (C=O) groups is 1. The summed E-state index contributed by atoms with van der Waals surface area (Å²) in [5, 5.41) is 3.25. The molecule has 0 saturated heterocycles. The van der Waals surface area contributed by atoms with Crippen molar-refractivity contribution in [3.05, 3.63) is 55.6 Å². The van der Waals surface area contributed by atoms with Gasteiger partial charge in [-0.2, -0.15) is 0 Å². The van der Waals surface area contributed by atoms with Gasteiger partial charge in [-0.05, 0) is 29.1 Å². The van der Waals surface area contributed by atoms with Crippen LogP contribution in [0.25, 0.3) is 0 Å². The van der Waals surface area contributed by atoms with Gasteiger partial charge in [-0.15, -0.1) is 11.3 Å². The van der Waals surface area contributed by atoms with Gasteiger partial charge in [-0.3, -0.25) is 4.79 Å². The minimum absolute atomic E-state index is 0.0195. The van der Waals surface area contributed by atoms with Gasteiger partial charge in [0.15, 0.2) is 0 Å². The zero-order valence-corrected chi connectivity index (χ0v) is 15.8. The van der Waals surface area contributed by atoms with Crippen LogP contribution in [-0.4, -0.2) is 14.9 Å². The van der Waals surface area contributed by atoms with E-state index >= 15 is 0 Å². The Morgan fingerprint density at radius 1 is 1.42 bits per heavy atom. The Bertz CT molecular complexity index is 817. The van der Waals surface area contributed by atoms with Crippen molar-refractivity contribution in [3.8, 4) is 0 Å². The van der Waals surface area contributed by atoms with Crippen LogP contribution in [0, 0.1) is 6.92 Å². The molecule has 1 aliphatic rings. The molecular weight excluding hydrogens is 445 g/mol. The number of aromatic nitrogens is 1. The Kier molecular flexibility index (Phi) is 5.50. The number of rotatable bonds is 4. The number of aryl methyl sites for hydroxylation is 1. The van der Waals surface area contributed by atoms with E-state index in [2.05, 4.69) is 24.5 Å². The molecule has 126 valence electrons. The molecule has 1 aromatic heterocycles. The molecule has 1 amide bonds. The zero-order chi connectivity index (χ0) is 17.1. The molecule has 0 bridgehead atoms. The molecule has 0 fully saturated rings. The van der Waals surface area contributed by atoms with Crippen molar-refractivity contribution in [1.82, 2.24) is 4.98 Å². The summed E-state index contributed by atoms with van der Waals surface area (Å²) in [6.07, 6.45) is 0.351. The highest BCUT2D eigenvalue weighted by molar-refractivity contribution is 14.2. The molecule has 0 aliphatic carbocycles. The Labute approximate surface area is 152 Å². The van der Waals surface area contributed by atoms with Crippen LogP contribution in [0.3, 0.4) is 0 Å². The number of alkyl halides is 2. The largest absolute Gasteiger partial charge is 0.321 e. The lowest BCUT2D eigenvalue weighted by Gasteiger charge is -2.18. The average molecular weight is 460 g/mol. The summed E-state index contributed by atoms with van der Waals surface area (Å²) in [6.45, 7) is 1.62. The Balaban J connectivity index is 1.88.